The molecule has 2 heterocycles. The molecule has 0 radical (unpaired) electrons. The molecule has 20 heavy (non-hydrogen) atoms. The second kappa shape index (κ2) is 4.72. The molecule has 3 aromatic rings. The lowest BCUT2D eigenvalue weighted by Crippen LogP contribution is -2.03. The Bertz CT molecular complexity index is 790. The summed E-state index contributed by atoms with van der Waals surface area (Å²) in [4.78, 5) is 4.46. The number of imidazole rings is 1. The van der Waals surface area contributed by atoms with Gasteiger partial charge in [-0.2, -0.15) is 0 Å². The van der Waals surface area contributed by atoms with Crippen LogP contribution in [0.25, 0.3) is 16.9 Å². The van der Waals surface area contributed by atoms with Gasteiger partial charge in [-0.1, -0.05) is 17.7 Å². The summed E-state index contributed by atoms with van der Waals surface area (Å²) in [5.41, 5.74) is 11.0. The minimum Gasteiger partial charge on any atom is -0.325 e. The number of hydrogen-bond acceptors (Lipinski definition) is 2. The van der Waals surface area contributed by atoms with Gasteiger partial charge in [-0.3, -0.25) is 4.40 Å². The SMILES string of the molecule is Cc1ccc(C)c(-c2nc3c(F)cccn3c2CN)c1. The van der Waals surface area contributed by atoms with Crippen molar-refractivity contribution in [1.29, 1.82) is 0 Å². The largest absolute Gasteiger partial charge is 0.325 e. The third-order valence-electron chi connectivity index (χ3n) is 3.54. The van der Waals surface area contributed by atoms with Gasteiger partial charge in [0, 0.05) is 18.3 Å². The maximum absolute atomic E-state index is 13.9. The number of pyridine rings is 1. The van der Waals surface area contributed by atoms with Crippen molar-refractivity contribution in [3.05, 3.63) is 59.2 Å². The molecule has 0 saturated heterocycles. The van der Waals surface area contributed by atoms with Crippen LogP contribution in [0.4, 0.5) is 4.39 Å². The van der Waals surface area contributed by atoms with E-state index in [1.165, 1.54) is 6.07 Å². The van der Waals surface area contributed by atoms with Gasteiger partial charge in [0.25, 0.3) is 0 Å². The quantitative estimate of drug-likeness (QED) is 0.776. The number of aromatic nitrogens is 2. The van der Waals surface area contributed by atoms with Crippen molar-refractivity contribution in [3.8, 4) is 11.3 Å². The smallest absolute Gasteiger partial charge is 0.174 e. The van der Waals surface area contributed by atoms with E-state index in [1.54, 1.807) is 16.7 Å². The van der Waals surface area contributed by atoms with Gasteiger partial charge in [0.1, 0.15) is 0 Å². The van der Waals surface area contributed by atoms with Crippen LogP contribution in [0, 0.1) is 19.7 Å². The summed E-state index contributed by atoms with van der Waals surface area (Å²) in [7, 11) is 0. The molecule has 0 spiro atoms. The van der Waals surface area contributed by atoms with E-state index in [2.05, 4.69) is 17.1 Å². The number of nitrogens with two attached hydrogens (primary N) is 1. The number of hydrogen-bond donors (Lipinski definition) is 1. The molecule has 2 N–H and O–H groups in total. The summed E-state index contributed by atoms with van der Waals surface area (Å²) in [5, 5.41) is 0. The van der Waals surface area contributed by atoms with Gasteiger partial charge in [-0.25, -0.2) is 9.37 Å². The first kappa shape index (κ1) is 12.8. The average Bonchev–Trinajstić information content (AvgIpc) is 2.81. The van der Waals surface area contributed by atoms with Gasteiger partial charge in [0.2, 0.25) is 0 Å². The molecule has 3 rings (SSSR count). The minimum absolute atomic E-state index is 0.313. The van der Waals surface area contributed by atoms with Crippen LogP contribution in [0.1, 0.15) is 16.8 Å². The van der Waals surface area contributed by atoms with Crippen LogP contribution in [-0.2, 0) is 6.54 Å². The summed E-state index contributed by atoms with van der Waals surface area (Å²) < 4.78 is 15.6. The van der Waals surface area contributed by atoms with Crippen molar-refractivity contribution in [3.63, 3.8) is 0 Å². The van der Waals surface area contributed by atoms with Crippen LogP contribution in [-0.4, -0.2) is 9.38 Å². The summed E-state index contributed by atoms with van der Waals surface area (Å²) in [6.07, 6.45) is 1.79. The Hall–Kier alpha value is -2.20. The van der Waals surface area contributed by atoms with Crippen molar-refractivity contribution in [2.45, 2.75) is 20.4 Å². The normalized spacial score (nSPS) is 11.2. The summed E-state index contributed by atoms with van der Waals surface area (Å²) in [6.45, 7) is 4.37. The lowest BCUT2D eigenvalue weighted by Gasteiger charge is -2.07. The monoisotopic (exact) mass is 269 g/mol. The Morgan fingerprint density at radius 3 is 2.80 bits per heavy atom. The maximum Gasteiger partial charge on any atom is 0.174 e. The highest BCUT2D eigenvalue weighted by molar-refractivity contribution is 5.70. The molecule has 0 fully saturated rings. The number of nitrogens with zero attached hydrogens (tertiary/aromatic N) is 2. The van der Waals surface area contributed by atoms with Crippen LogP contribution >= 0.6 is 0 Å². The van der Waals surface area contributed by atoms with Gasteiger partial charge in [-0.05, 0) is 37.6 Å². The van der Waals surface area contributed by atoms with Gasteiger partial charge in [0.05, 0.1) is 11.4 Å². The van der Waals surface area contributed by atoms with Crippen molar-refractivity contribution in [2.75, 3.05) is 0 Å². The molecule has 0 atom stereocenters. The first-order chi connectivity index (χ1) is 9.61. The molecule has 0 aliphatic rings. The first-order valence-corrected chi connectivity index (χ1v) is 6.55. The van der Waals surface area contributed by atoms with Crippen molar-refractivity contribution >= 4 is 5.65 Å². The maximum atomic E-state index is 13.9. The lowest BCUT2D eigenvalue weighted by atomic mass is 10.0. The highest BCUT2D eigenvalue weighted by Gasteiger charge is 2.16. The van der Waals surface area contributed by atoms with Crippen molar-refractivity contribution in [1.82, 2.24) is 9.38 Å². The molecule has 0 aliphatic carbocycles. The van der Waals surface area contributed by atoms with Crippen molar-refractivity contribution in [2.24, 2.45) is 5.73 Å². The van der Waals surface area contributed by atoms with Crippen LogP contribution in [0.3, 0.4) is 0 Å². The topological polar surface area (TPSA) is 43.3 Å². The molecule has 1 aromatic carbocycles. The summed E-state index contributed by atoms with van der Waals surface area (Å²) in [6, 6.07) is 9.24. The second-order valence-electron chi connectivity index (χ2n) is 4.98. The zero-order valence-electron chi connectivity index (χ0n) is 11.5. The number of halogens is 1. The van der Waals surface area contributed by atoms with Gasteiger partial charge < -0.3 is 5.73 Å². The Morgan fingerprint density at radius 1 is 1.25 bits per heavy atom. The molecule has 0 aliphatic heterocycles. The molecule has 0 amide bonds. The predicted octanol–water partition coefficient (Wildman–Crippen LogP) is 3.22. The van der Waals surface area contributed by atoms with E-state index >= 15 is 0 Å². The zero-order chi connectivity index (χ0) is 14.3. The predicted molar refractivity (Wildman–Crippen MR) is 78.0 cm³/mol. The number of aryl methyl sites for hydroxylation is 2. The van der Waals surface area contributed by atoms with E-state index in [-0.39, 0.29) is 5.82 Å². The van der Waals surface area contributed by atoms with E-state index in [1.807, 2.05) is 19.9 Å². The number of fused-ring (bicyclic) bond motifs is 1. The molecular weight excluding hydrogens is 253 g/mol. The molecule has 3 nitrogen and oxygen atoms in total. The van der Waals surface area contributed by atoms with E-state index in [0.717, 1.165) is 28.1 Å². The molecule has 102 valence electrons. The lowest BCUT2D eigenvalue weighted by molar-refractivity contribution is 0.629. The van der Waals surface area contributed by atoms with E-state index in [9.17, 15) is 4.39 Å². The van der Waals surface area contributed by atoms with E-state index in [4.69, 9.17) is 5.73 Å². The Morgan fingerprint density at radius 2 is 2.05 bits per heavy atom. The molecule has 2 aromatic heterocycles. The number of rotatable bonds is 2. The number of benzene rings is 1. The fourth-order valence-corrected chi connectivity index (χ4v) is 2.49. The third-order valence-corrected chi connectivity index (χ3v) is 3.54. The molecule has 0 unspecified atom stereocenters. The van der Waals surface area contributed by atoms with Gasteiger partial charge >= 0.3 is 0 Å². The highest BCUT2D eigenvalue weighted by atomic mass is 19.1. The average molecular weight is 269 g/mol. The summed E-state index contributed by atoms with van der Waals surface area (Å²) >= 11 is 0. The molecule has 0 saturated carbocycles. The zero-order valence-corrected chi connectivity index (χ0v) is 11.5. The molecule has 0 bridgehead atoms. The second-order valence-corrected chi connectivity index (χ2v) is 4.98. The van der Waals surface area contributed by atoms with E-state index < -0.39 is 0 Å². The fourth-order valence-electron chi connectivity index (χ4n) is 2.49. The van der Waals surface area contributed by atoms with Crippen LogP contribution < -0.4 is 5.73 Å². The van der Waals surface area contributed by atoms with Gasteiger partial charge in [-0.15, -0.1) is 0 Å². The Balaban J connectivity index is 2.36. The molecule has 4 heteroatoms. The summed E-state index contributed by atoms with van der Waals surface area (Å²) in [5.74, 6) is -0.334. The standard InChI is InChI=1S/C16H16FN3/c1-10-5-6-11(2)12(8-10)15-14(9-18)20-7-3-4-13(17)16(20)19-15/h3-8H,9,18H2,1-2H3. The molecular formula is C16H16FN3. The van der Waals surface area contributed by atoms with Crippen LogP contribution in [0.5, 0.6) is 0 Å². The van der Waals surface area contributed by atoms with Crippen molar-refractivity contribution < 1.29 is 4.39 Å². The van der Waals surface area contributed by atoms with Crippen LogP contribution in [0.15, 0.2) is 36.5 Å². The first-order valence-electron chi connectivity index (χ1n) is 6.55. The highest BCUT2D eigenvalue weighted by Crippen LogP contribution is 2.28. The fraction of sp³-hybridized carbons (Fsp3) is 0.188. The minimum atomic E-state index is -0.334. The third kappa shape index (κ3) is 1.89. The Kier molecular flexibility index (Phi) is 3.03. The Labute approximate surface area is 116 Å². The van der Waals surface area contributed by atoms with Crippen LogP contribution in [0.2, 0.25) is 0 Å². The van der Waals surface area contributed by atoms with E-state index in [0.29, 0.717) is 12.2 Å². The van der Waals surface area contributed by atoms with Gasteiger partial charge in [0.15, 0.2) is 11.5 Å².